The summed E-state index contributed by atoms with van der Waals surface area (Å²) in [6, 6.07) is 1.87. The fourth-order valence-corrected chi connectivity index (χ4v) is 11.2. The summed E-state index contributed by atoms with van der Waals surface area (Å²) in [5, 5.41) is 12.8. The van der Waals surface area contributed by atoms with Crippen molar-refractivity contribution < 1.29 is 90.6 Å². The lowest BCUT2D eigenvalue weighted by Gasteiger charge is -2.49. The van der Waals surface area contributed by atoms with Crippen molar-refractivity contribution in [3.63, 3.8) is 0 Å². The monoisotopic (exact) mass is 886 g/mol. The van der Waals surface area contributed by atoms with Crippen LogP contribution >= 0.6 is 0 Å². The molecular formula is C44H54O19. The fourth-order valence-electron chi connectivity index (χ4n) is 11.2. The molecule has 19 heteroatoms. The highest BCUT2D eigenvalue weighted by Crippen LogP contribution is 2.72. The summed E-state index contributed by atoms with van der Waals surface area (Å²) in [7, 11) is 4.36. The van der Waals surface area contributed by atoms with Gasteiger partial charge in [-0.25, -0.2) is 0 Å². The number of epoxide rings is 1. The van der Waals surface area contributed by atoms with Gasteiger partial charge in [-0.3, -0.25) is 19.2 Å². The van der Waals surface area contributed by atoms with Crippen molar-refractivity contribution in [3.05, 3.63) is 28.3 Å². The number of carbonyl (C=O) groups is 4. The maximum Gasteiger partial charge on any atom is 0.303 e. The molecule has 63 heavy (non-hydrogen) atoms. The largest absolute Gasteiger partial charge is 0.506 e. The molecule has 2 bridgehead atoms. The highest BCUT2D eigenvalue weighted by Gasteiger charge is 2.93. The lowest BCUT2D eigenvalue weighted by molar-refractivity contribution is -0.382. The number of hydrogen-bond donors (Lipinski definition) is 1. The predicted octanol–water partition coefficient (Wildman–Crippen LogP) is 3.88. The summed E-state index contributed by atoms with van der Waals surface area (Å²) in [6.07, 6.45) is -8.03. The topological polar surface area (TPSA) is 221 Å². The molecule has 14 atom stereocenters. The summed E-state index contributed by atoms with van der Waals surface area (Å²) in [5.74, 6) is -5.17. The molecule has 9 rings (SSSR count). The molecule has 6 heterocycles. The Morgan fingerprint density at radius 3 is 2.25 bits per heavy atom. The van der Waals surface area contributed by atoms with Crippen LogP contribution < -0.4 is 9.47 Å². The van der Waals surface area contributed by atoms with Crippen LogP contribution in [-0.2, 0) is 77.6 Å². The number of benzene rings is 2. The summed E-state index contributed by atoms with van der Waals surface area (Å²) >= 11 is 0. The number of rotatable bonds is 11. The third-order valence-corrected chi connectivity index (χ3v) is 13.7. The number of aromatic hydroxyl groups is 1. The van der Waals surface area contributed by atoms with Gasteiger partial charge in [0.25, 0.3) is 11.6 Å². The molecule has 1 spiro atoms. The molecule has 0 aromatic heterocycles. The summed E-state index contributed by atoms with van der Waals surface area (Å²) < 4.78 is 88.4. The second kappa shape index (κ2) is 14.9. The third-order valence-electron chi connectivity index (χ3n) is 13.7. The van der Waals surface area contributed by atoms with E-state index in [0.29, 0.717) is 35.1 Å². The number of hydrogen-bond acceptors (Lipinski definition) is 19. The number of aryl methyl sites for hydroxylation is 1. The van der Waals surface area contributed by atoms with Crippen LogP contribution in [0.25, 0.3) is 10.8 Å². The normalized spacial score (nSPS) is 40.0. The van der Waals surface area contributed by atoms with Crippen molar-refractivity contribution in [1.82, 2.24) is 0 Å². The standard InChI is InChI=1S/C44H54O19/c1-18-15-25-30(31(49)29-24(32(25)50-9)13-12-14-26(29)48)33-28(18)34-37-43(52-11,61-33)42(17-53-42)44(62-34,63-37)39(51-10)58-38-41(8,60-23(6)47)36(20(3)55-38)57-27-16-40(7,59-22(5)46)35(19(2)54-27)56-21(4)45/h15,19-20,27,34-39,49H,12-14,16-17H2,1-11H3/t19?,20?,27?,34?,35?,36?,37?,38?,39?,40?,41?,42-,43+,44?/m0/s1. The fraction of sp³-hybridized carbons (Fsp3) is 0.682. The van der Waals surface area contributed by atoms with Gasteiger partial charge in [-0.05, 0) is 59.1 Å². The van der Waals surface area contributed by atoms with Gasteiger partial charge < -0.3 is 71.4 Å². The SMILES string of the molecule is COc1c2c(c(O)c3c4c(c(C)cc13)C1OC3(C(OC)OC5OC(C)C(OC6CC(C)(OC(C)=O)C(OC(C)=O)C(C)O6)C5(C)OC(C)=O)OC1[C@@](OC)(O4)[C@@]31CO1)C(=O)CCC2. The quantitative estimate of drug-likeness (QED) is 0.146. The maximum absolute atomic E-state index is 13.3. The Labute approximate surface area is 363 Å². The molecule has 19 nitrogen and oxygen atoms in total. The Balaban J connectivity index is 1.06. The first-order chi connectivity index (χ1) is 29.7. The first kappa shape index (κ1) is 44.0. The van der Waals surface area contributed by atoms with E-state index in [1.807, 2.05) is 13.0 Å². The van der Waals surface area contributed by atoms with Crippen LogP contribution in [0.2, 0.25) is 0 Å². The molecule has 2 aromatic carbocycles. The van der Waals surface area contributed by atoms with Crippen LogP contribution in [-0.4, -0.2) is 135 Å². The van der Waals surface area contributed by atoms with E-state index < -0.39 is 102 Å². The molecule has 0 radical (unpaired) electrons. The van der Waals surface area contributed by atoms with Crippen molar-refractivity contribution in [3.8, 4) is 17.2 Å². The van der Waals surface area contributed by atoms with E-state index in [-0.39, 0.29) is 47.7 Å². The molecule has 12 unspecified atom stereocenters. The van der Waals surface area contributed by atoms with Crippen molar-refractivity contribution in [2.75, 3.05) is 27.9 Å². The van der Waals surface area contributed by atoms with E-state index in [0.717, 1.165) is 5.56 Å². The van der Waals surface area contributed by atoms with E-state index in [2.05, 4.69) is 0 Å². The minimum atomic E-state index is -1.89. The van der Waals surface area contributed by atoms with Gasteiger partial charge in [0.2, 0.25) is 18.2 Å². The highest BCUT2D eigenvalue weighted by molar-refractivity contribution is 6.11. The second-order valence-electron chi connectivity index (χ2n) is 17.8. The number of methoxy groups -OCH3 is 3. The number of phenols is 1. The molecule has 5 saturated heterocycles. The average molecular weight is 887 g/mol. The van der Waals surface area contributed by atoms with Gasteiger partial charge in [0, 0.05) is 64.3 Å². The molecule has 0 saturated carbocycles. The van der Waals surface area contributed by atoms with E-state index >= 15 is 0 Å². The maximum atomic E-state index is 13.3. The zero-order valence-corrected chi connectivity index (χ0v) is 37.1. The van der Waals surface area contributed by atoms with Crippen LogP contribution in [0.5, 0.6) is 17.2 Å². The minimum Gasteiger partial charge on any atom is -0.506 e. The molecule has 6 aliphatic heterocycles. The number of ether oxygens (including phenoxy) is 14. The second-order valence-corrected chi connectivity index (χ2v) is 17.8. The van der Waals surface area contributed by atoms with Crippen LogP contribution in [0.1, 0.15) is 101 Å². The number of esters is 3. The molecule has 1 N–H and O–H groups in total. The van der Waals surface area contributed by atoms with Gasteiger partial charge in [0.05, 0.1) is 36.9 Å². The summed E-state index contributed by atoms with van der Waals surface area (Å²) in [6.45, 7) is 12.2. The molecule has 2 aromatic rings. The Morgan fingerprint density at radius 2 is 1.63 bits per heavy atom. The number of phenolic OH excluding ortho intramolecular Hbond substituents is 1. The Morgan fingerprint density at radius 1 is 0.937 bits per heavy atom. The number of fused-ring (bicyclic) bond motifs is 8. The lowest BCUT2D eigenvalue weighted by atomic mass is 9.78. The van der Waals surface area contributed by atoms with E-state index in [4.69, 9.17) is 66.3 Å². The number of ketones is 1. The smallest absolute Gasteiger partial charge is 0.303 e. The lowest BCUT2D eigenvalue weighted by Crippen LogP contribution is -2.70. The summed E-state index contributed by atoms with van der Waals surface area (Å²) in [5.41, 5.74) is -2.48. The van der Waals surface area contributed by atoms with Crippen molar-refractivity contribution in [1.29, 1.82) is 0 Å². The van der Waals surface area contributed by atoms with Gasteiger partial charge in [-0.1, -0.05) is 0 Å². The Kier molecular flexibility index (Phi) is 10.4. The zero-order valence-electron chi connectivity index (χ0n) is 37.1. The minimum absolute atomic E-state index is 0.00291. The highest BCUT2D eigenvalue weighted by atomic mass is 16.9. The van der Waals surface area contributed by atoms with E-state index in [1.54, 1.807) is 27.7 Å². The van der Waals surface area contributed by atoms with Gasteiger partial charge >= 0.3 is 17.9 Å². The predicted molar refractivity (Wildman–Crippen MR) is 211 cm³/mol. The van der Waals surface area contributed by atoms with E-state index in [1.165, 1.54) is 42.1 Å². The van der Waals surface area contributed by atoms with Crippen LogP contribution in [0.15, 0.2) is 6.07 Å². The van der Waals surface area contributed by atoms with Crippen molar-refractivity contribution in [2.45, 2.75) is 165 Å². The number of Topliss-reactive ketones (excluding diaryl/α,β-unsaturated/α-hetero) is 1. The Hall–Kier alpha value is -4.18. The van der Waals surface area contributed by atoms with E-state index in [9.17, 15) is 24.3 Å². The van der Waals surface area contributed by atoms with Crippen LogP contribution in [0, 0.1) is 6.92 Å². The van der Waals surface area contributed by atoms with Crippen molar-refractivity contribution >= 4 is 34.5 Å². The van der Waals surface area contributed by atoms with Crippen LogP contribution in [0.4, 0.5) is 0 Å². The molecule has 0 amide bonds. The molecule has 7 aliphatic rings. The zero-order chi connectivity index (χ0) is 45.3. The van der Waals surface area contributed by atoms with Gasteiger partial charge in [0.15, 0.2) is 35.5 Å². The van der Waals surface area contributed by atoms with Crippen LogP contribution in [0.3, 0.4) is 0 Å². The molecule has 5 fully saturated rings. The van der Waals surface area contributed by atoms with Gasteiger partial charge in [-0.2, -0.15) is 0 Å². The molecule has 1 aliphatic carbocycles. The average Bonchev–Trinajstić information content (AvgIpc) is 3.80. The summed E-state index contributed by atoms with van der Waals surface area (Å²) in [4.78, 5) is 50.5. The first-order valence-electron chi connectivity index (χ1n) is 21.1. The van der Waals surface area contributed by atoms with Gasteiger partial charge in [0.1, 0.15) is 29.5 Å². The van der Waals surface area contributed by atoms with Gasteiger partial charge in [-0.15, -0.1) is 0 Å². The number of carbonyl (C=O) groups excluding carboxylic acids is 4. The Bertz CT molecular complexity index is 2270. The third kappa shape index (κ3) is 6.10. The molecule has 344 valence electrons. The first-order valence-corrected chi connectivity index (χ1v) is 21.1. The molecular weight excluding hydrogens is 832 g/mol. The van der Waals surface area contributed by atoms with Crippen molar-refractivity contribution in [2.24, 2.45) is 0 Å².